The van der Waals surface area contributed by atoms with Gasteiger partial charge in [-0.05, 0) is 54.1 Å². The number of likely N-dealkylation sites (tertiary alicyclic amines) is 1. The Labute approximate surface area is 128 Å². The third-order valence-electron chi connectivity index (χ3n) is 4.16. The second-order valence-corrected chi connectivity index (χ2v) is 7.20. The zero-order chi connectivity index (χ0) is 16.3. The molecule has 0 bridgehead atoms. The highest BCUT2D eigenvalue weighted by Crippen LogP contribution is 2.30. The molecule has 1 saturated heterocycles. The van der Waals surface area contributed by atoms with Crippen molar-refractivity contribution in [3.8, 4) is 0 Å². The van der Waals surface area contributed by atoms with E-state index in [1.807, 2.05) is 27.8 Å². The fraction of sp³-hybridized carbons (Fsp3) is 0.875. The lowest BCUT2D eigenvalue weighted by atomic mass is 9.98. The van der Waals surface area contributed by atoms with Crippen molar-refractivity contribution in [2.45, 2.75) is 65.0 Å². The SMILES string of the molecule is CNCCC(C)(C)OCCC(C)(C)N1C(=O)CC(C)C1=O. The van der Waals surface area contributed by atoms with E-state index in [2.05, 4.69) is 19.2 Å². The summed E-state index contributed by atoms with van der Waals surface area (Å²) in [5.74, 6) is -0.309. The van der Waals surface area contributed by atoms with Gasteiger partial charge in [0.05, 0.1) is 5.60 Å². The zero-order valence-electron chi connectivity index (χ0n) is 14.3. The van der Waals surface area contributed by atoms with Gasteiger partial charge in [-0.25, -0.2) is 0 Å². The molecular weight excluding hydrogens is 268 g/mol. The maximum atomic E-state index is 12.1. The normalized spacial score (nSPS) is 20.5. The standard InChI is InChI=1S/C16H30N2O3/c1-12-11-13(19)18(14(12)20)15(2,3)8-10-21-16(4,5)7-9-17-6/h12,17H,7-11H2,1-6H3. The largest absolute Gasteiger partial charge is 0.375 e. The number of carbonyl (C=O) groups excluding carboxylic acids is 2. The van der Waals surface area contributed by atoms with Crippen molar-refractivity contribution in [2.24, 2.45) is 5.92 Å². The molecule has 0 aromatic rings. The molecule has 1 aliphatic rings. The van der Waals surface area contributed by atoms with E-state index in [9.17, 15) is 9.59 Å². The molecule has 5 heteroatoms. The topological polar surface area (TPSA) is 58.6 Å². The first-order valence-corrected chi connectivity index (χ1v) is 7.76. The summed E-state index contributed by atoms with van der Waals surface area (Å²) in [6.07, 6.45) is 1.90. The Balaban J connectivity index is 2.53. The number of hydrogen-bond donors (Lipinski definition) is 1. The average Bonchev–Trinajstić information content (AvgIpc) is 2.60. The van der Waals surface area contributed by atoms with Crippen molar-refractivity contribution < 1.29 is 14.3 Å². The summed E-state index contributed by atoms with van der Waals surface area (Å²) in [5, 5.41) is 3.11. The quantitative estimate of drug-likeness (QED) is 0.696. The van der Waals surface area contributed by atoms with E-state index in [-0.39, 0.29) is 23.3 Å². The van der Waals surface area contributed by atoms with E-state index >= 15 is 0 Å². The average molecular weight is 298 g/mol. The van der Waals surface area contributed by atoms with Gasteiger partial charge in [0.2, 0.25) is 11.8 Å². The van der Waals surface area contributed by atoms with Crippen LogP contribution in [0.5, 0.6) is 0 Å². The van der Waals surface area contributed by atoms with Crippen LogP contribution < -0.4 is 5.32 Å². The Kier molecular flexibility index (Phi) is 5.93. The van der Waals surface area contributed by atoms with Crippen LogP contribution in [0.25, 0.3) is 0 Å². The Morgan fingerprint density at radius 2 is 1.86 bits per heavy atom. The van der Waals surface area contributed by atoms with Crippen molar-refractivity contribution in [1.29, 1.82) is 0 Å². The van der Waals surface area contributed by atoms with Gasteiger partial charge in [0.1, 0.15) is 0 Å². The van der Waals surface area contributed by atoms with Gasteiger partial charge in [-0.2, -0.15) is 0 Å². The van der Waals surface area contributed by atoms with Crippen molar-refractivity contribution >= 4 is 11.8 Å². The van der Waals surface area contributed by atoms with Crippen LogP contribution in [0.15, 0.2) is 0 Å². The van der Waals surface area contributed by atoms with Crippen LogP contribution in [0.2, 0.25) is 0 Å². The fourth-order valence-corrected chi connectivity index (χ4v) is 2.61. The summed E-state index contributed by atoms with van der Waals surface area (Å²) < 4.78 is 5.94. The Morgan fingerprint density at radius 1 is 1.24 bits per heavy atom. The van der Waals surface area contributed by atoms with E-state index in [0.717, 1.165) is 13.0 Å². The minimum atomic E-state index is -0.488. The minimum Gasteiger partial charge on any atom is -0.375 e. The smallest absolute Gasteiger partial charge is 0.233 e. The molecule has 21 heavy (non-hydrogen) atoms. The molecule has 1 N–H and O–H groups in total. The maximum Gasteiger partial charge on any atom is 0.233 e. The fourth-order valence-electron chi connectivity index (χ4n) is 2.61. The van der Waals surface area contributed by atoms with Crippen LogP contribution in [-0.2, 0) is 14.3 Å². The molecule has 1 rings (SSSR count). The lowest BCUT2D eigenvalue weighted by Crippen LogP contribution is -2.48. The van der Waals surface area contributed by atoms with Gasteiger partial charge in [-0.15, -0.1) is 0 Å². The number of hydrogen-bond acceptors (Lipinski definition) is 4. The molecule has 1 heterocycles. The van der Waals surface area contributed by atoms with E-state index < -0.39 is 5.54 Å². The number of carbonyl (C=O) groups is 2. The minimum absolute atomic E-state index is 0.0561. The second-order valence-electron chi connectivity index (χ2n) is 7.20. The van der Waals surface area contributed by atoms with Crippen LogP contribution in [-0.4, -0.2) is 48.1 Å². The van der Waals surface area contributed by atoms with Crippen LogP contribution in [0.1, 0.15) is 53.9 Å². The second kappa shape index (κ2) is 6.88. The highest BCUT2D eigenvalue weighted by Gasteiger charge is 2.43. The highest BCUT2D eigenvalue weighted by molar-refractivity contribution is 6.04. The first-order chi connectivity index (χ1) is 9.60. The summed E-state index contributed by atoms with van der Waals surface area (Å²) >= 11 is 0. The molecular formula is C16H30N2O3. The van der Waals surface area contributed by atoms with Crippen LogP contribution in [0.4, 0.5) is 0 Å². The molecule has 0 aromatic carbocycles. The van der Waals surface area contributed by atoms with Gasteiger partial charge < -0.3 is 10.1 Å². The Bertz CT molecular complexity index is 391. The molecule has 0 aromatic heterocycles. The number of rotatable bonds is 8. The summed E-state index contributed by atoms with van der Waals surface area (Å²) in [5.41, 5.74) is -0.691. The predicted molar refractivity (Wildman–Crippen MR) is 82.9 cm³/mol. The molecule has 5 nitrogen and oxygen atoms in total. The van der Waals surface area contributed by atoms with E-state index in [1.54, 1.807) is 0 Å². The zero-order valence-corrected chi connectivity index (χ0v) is 14.3. The Hall–Kier alpha value is -0.940. The number of imide groups is 1. The van der Waals surface area contributed by atoms with Crippen molar-refractivity contribution in [2.75, 3.05) is 20.2 Å². The third kappa shape index (κ3) is 4.78. The van der Waals surface area contributed by atoms with Crippen molar-refractivity contribution in [3.05, 3.63) is 0 Å². The summed E-state index contributed by atoms with van der Waals surface area (Å²) in [6.45, 7) is 11.2. The molecule has 0 radical (unpaired) electrons. The van der Waals surface area contributed by atoms with Crippen LogP contribution in [0.3, 0.4) is 0 Å². The number of ether oxygens (including phenoxy) is 1. The van der Waals surface area contributed by atoms with Gasteiger partial charge in [0, 0.05) is 24.5 Å². The van der Waals surface area contributed by atoms with E-state index in [1.165, 1.54) is 4.90 Å². The molecule has 0 aliphatic carbocycles. The lowest BCUT2D eigenvalue weighted by Gasteiger charge is -2.35. The molecule has 1 fully saturated rings. The number of nitrogens with zero attached hydrogens (tertiary/aromatic N) is 1. The van der Waals surface area contributed by atoms with Gasteiger partial charge in [-0.1, -0.05) is 6.92 Å². The van der Waals surface area contributed by atoms with Gasteiger partial charge in [-0.3, -0.25) is 14.5 Å². The molecule has 0 saturated carbocycles. The Morgan fingerprint density at radius 3 is 2.33 bits per heavy atom. The molecule has 1 atom stereocenters. The van der Waals surface area contributed by atoms with E-state index in [0.29, 0.717) is 19.4 Å². The first-order valence-electron chi connectivity index (χ1n) is 7.76. The first kappa shape index (κ1) is 18.1. The van der Waals surface area contributed by atoms with Crippen molar-refractivity contribution in [1.82, 2.24) is 10.2 Å². The van der Waals surface area contributed by atoms with Crippen LogP contribution in [0, 0.1) is 5.92 Å². The molecule has 0 spiro atoms. The molecule has 122 valence electrons. The maximum absolute atomic E-state index is 12.1. The highest BCUT2D eigenvalue weighted by atomic mass is 16.5. The number of nitrogens with one attached hydrogen (secondary N) is 1. The molecule has 1 unspecified atom stereocenters. The van der Waals surface area contributed by atoms with E-state index in [4.69, 9.17) is 4.74 Å². The van der Waals surface area contributed by atoms with Gasteiger partial charge >= 0.3 is 0 Å². The van der Waals surface area contributed by atoms with Gasteiger partial charge in [0.25, 0.3) is 0 Å². The summed E-state index contributed by atoms with van der Waals surface area (Å²) in [7, 11) is 1.92. The lowest BCUT2D eigenvalue weighted by molar-refractivity contribution is -0.146. The summed E-state index contributed by atoms with van der Waals surface area (Å²) in [4.78, 5) is 25.6. The third-order valence-corrected chi connectivity index (χ3v) is 4.16. The number of amides is 2. The molecule has 2 amide bonds. The summed E-state index contributed by atoms with van der Waals surface area (Å²) in [6, 6.07) is 0. The monoisotopic (exact) mass is 298 g/mol. The van der Waals surface area contributed by atoms with Crippen molar-refractivity contribution in [3.63, 3.8) is 0 Å². The molecule has 1 aliphatic heterocycles. The predicted octanol–water partition coefficient (Wildman–Crippen LogP) is 1.95. The van der Waals surface area contributed by atoms with Crippen LogP contribution >= 0.6 is 0 Å². The van der Waals surface area contributed by atoms with Gasteiger partial charge in [0.15, 0.2) is 0 Å².